The lowest BCUT2D eigenvalue weighted by Gasteiger charge is -2.00. The fraction of sp³-hybridized carbons (Fsp3) is 0.0714. The Morgan fingerprint density at radius 3 is 3.00 bits per heavy atom. The van der Waals surface area contributed by atoms with Gasteiger partial charge in [-0.2, -0.15) is 0 Å². The quantitative estimate of drug-likeness (QED) is 0.548. The molecule has 0 N–H and O–H groups in total. The summed E-state index contributed by atoms with van der Waals surface area (Å²) < 4.78 is 16.8. The molecule has 3 heteroatoms. The SMILES string of the molecule is C=[N+]=CC1=CCC=C(c2cccc(F)c2)C=N1. The molecule has 0 radical (unpaired) electrons. The van der Waals surface area contributed by atoms with Crippen molar-refractivity contribution in [2.45, 2.75) is 6.42 Å². The molecule has 2 nitrogen and oxygen atoms in total. The summed E-state index contributed by atoms with van der Waals surface area (Å²) >= 11 is 0. The van der Waals surface area contributed by atoms with Gasteiger partial charge in [-0.15, -0.1) is 4.67 Å². The van der Waals surface area contributed by atoms with E-state index in [9.17, 15) is 4.39 Å². The van der Waals surface area contributed by atoms with Crippen LogP contribution in [0.5, 0.6) is 0 Å². The highest BCUT2D eigenvalue weighted by Gasteiger charge is 2.04. The van der Waals surface area contributed by atoms with Crippen LogP contribution >= 0.6 is 0 Å². The minimum absolute atomic E-state index is 0.242. The Labute approximate surface area is 99.3 Å². The highest BCUT2D eigenvalue weighted by molar-refractivity contribution is 6.11. The van der Waals surface area contributed by atoms with Crippen LogP contribution in [0, 0.1) is 5.82 Å². The zero-order valence-corrected chi connectivity index (χ0v) is 9.31. The summed E-state index contributed by atoms with van der Waals surface area (Å²) in [6, 6.07) is 6.48. The van der Waals surface area contributed by atoms with E-state index in [0.29, 0.717) is 0 Å². The molecule has 1 aromatic carbocycles. The van der Waals surface area contributed by atoms with E-state index in [1.165, 1.54) is 12.1 Å². The second-order valence-corrected chi connectivity index (χ2v) is 3.60. The van der Waals surface area contributed by atoms with Crippen molar-refractivity contribution in [2.75, 3.05) is 0 Å². The van der Waals surface area contributed by atoms with Crippen molar-refractivity contribution in [1.82, 2.24) is 4.67 Å². The summed E-state index contributed by atoms with van der Waals surface area (Å²) in [6.07, 6.45) is 8.00. The van der Waals surface area contributed by atoms with E-state index < -0.39 is 0 Å². The van der Waals surface area contributed by atoms with Crippen LogP contribution < -0.4 is 4.67 Å². The lowest BCUT2D eigenvalue weighted by atomic mass is 10.1. The maximum atomic E-state index is 13.1. The van der Waals surface area contributed by atoms with Crippen molar-refractivity contribution >= 4 is 24.7 Å². The van der Waals surface area contributed by atoms with Crippen LogP contribution in [0.25, 0.3) is 5.57 Å². The molecule has 0 saturated carbocycles. The predicted octanol–water partition coefficient (Wildman–Crippen LogP) is 2.41. The number of benzene rings is 1. The summed E-state index contributed by atoms with van der Waals surface area (Å²) in [5.74, 6) is -0.242. The van der Waals surface area contributed by atoms with E-state index >= 15 is 0 Å². The van der Waals surface area contributed by atoms with Gasteiger partial charge in [-0.25, -0.2) is 9.38 Å². The van der Waals surface area contributed by atoms with Crippen LogP contribution in [0.2, 0.25) is 0 Å². The Morgan fingerprint density at radius 2 is 2.24 bits per heavy atom. The summed E-state index contributed by atoms with van der Waals surface area (Å²) in [5, 5.41) is 0. The van der Waals surface area contributed by atoms with Crippen molar-refractivity contribution in [3.63, 3.8) is 0 Å². The largest absolute Gasteiger partial charge is 0.316 e. The van der Waals surface area contributed by atoms with Crippen LogP contribution in [0.15, 0.2) is 47.1 Å². The molecular weight excluding hydrogens is 215 g/mol. The molecule has 0 unspecified atom stereocenters. The number of hydrogen-bond donors (Lipinski definition) is 0. The predicted molar refractivity (Wildman–Crippen MR) is 70.9 cm³/mol. The molecule has 0 amide bonds. The molecule has 0 fully saturated rings. The smallest absolute Gasteiger partial charge is 0.249 e. The maximum Gasteiger partial charge on any atom is 0.316 e. The lowest BCUT2D eigenvalue weighted by Crippen LogP contribution is -1.88. The number of hydrogen-bond acceptors (Lipinski definition) is 1. The van der Waals surface area contributed by atoms with Gasteiger partial charge in [-0.05, 0) is 35.8 Å². The van der Waals surface area contributed by atoms with Crippen LogP contribution in [0.3, 0.4) is 0 Å². The molecule has 0 spiro atoms. The van der Waals surface area contributed by atoms with Gasteiger partial charge in [0.15, 0.2) is 0 Å². The third-order valence-electron chi connectivity index (χ3n) is 2.40. The molecule has 84 valence electrons. The average molecular weight is 227 g/mol. The van der Waals surface area contributed by atoms with Crippen molar-refractivity contribution in [3.05, 3.63) is 53.5 Å². The molecule has 1 aliphatic rings. The van der Waals surface area contributed by atoms with Gasteiger partial charge < -0.3 is 0 Å². The average Bonchev–Trinajstić information content (AvgIpc) is 2.55. The fourth-order valence-corrected chi connectivity index (χ4v) is 1.60. The second-order valence-electron chi connectivity index (χ2n) is 3.60. The van der Waals surface area contributed by atoms with Crippen LogP contribution in [-0.2, 0) is 0 Å². The fourth-order valence-electron chi connectivity index (χ4n) is 1.60. The van der Waals surface area contributed by atoms with Crippen LogP contribution in [-0.4, -0.2) is 19.1 Å². The first-order chi connectivity index (χ1) is 8.29. The molecule has 2 rings (SSSR count). The Hall–Kier alpha value is -2.25. The number of rotatable bonds is 2. The Bertz CT molecular complexity index is 561. The lowest BCUT2D eigenvalue weighted by molar-refractivity contribution is 0.627. The topological polar surface area (TPSA) is 26.5 Å². The highest BCUT2D eigenvalue weighted by atomic mass is 19.1. The number of allylic oxidation sites excluding steroid dienone is 4. The van der Waals surface area contributed by atoms with Gasteiger partial charge >= 0.3 is 6.21 Å². The minimum atomic E-state index is -0.242. The number of halogens is 1. The van der Waals surface area contributed by atoms with Crippen molar-refractivity contribution in [1.29, 1.82) is 0 Å². The van der Waals surface area contributed by atoms with Gasteiger partial charge in [0.05, 0.1) is 0 Å². The zero-order chi connectivity index (χ0) is 12.1. The first-order valence-corrected chi connectivity index (χ1v) is 5.29. The van der Waals surface area contributed by atoms with Gasteiger partial charge in [-0.3, -0.25) is 0 Å². The summed E-state index contributed by atoms with van der Waals surface area (Å²) in [4.78, 5) is 4.26. The monoisotopic (exact) mass is 227 g/mol. The molecule has 1 aromatic rings. The third kappa shape index (κ3) is 2.86. The van der Waals surface area contributed by atoms with Gasteiger partial charge in [0.25, 0.3) is 6.72 Å². The van der Waals surface area contributed by atoms with Gasteiger partial charge in [0, 0.05) is 6.21 Å². The van der Waals surface area contributed by atoms with E-state index in [2.05, 4.69) is 16.4 Å². The van der Waals surface area contributed by atoms with Gasteiger partial charge in [0.1, 0.15) is 11.5 Å². The molecule has 1 aliphatic heterocycles. The Kier molecular flexibility index (Phi) is 3.43. The van der Waals surface area contributed by atoms with E-state index in [1.807, 2.05) is 18.2 Å². The number of nitrogens with zero attached hydrogens (tertiary/aromatic N) is 2. The molecule has 0 aliphatic carbocycles. The zero-order valence-electron chi connectivity index (χ0n) is 9.31. The van der Waals surface area contributed by atoms with Crippen molar-refractivity contribution < 1.29 is 4.39 Å². The Morgan fingerprint density at radius 1 is 1.35 bits per heavy atom. The molecule has 0 aromatic heterocycles. The first kappa shape index (κ1) is 11.2. The second kappa shape index (κ2) is 5.19. The van der Waals surface area contributed by atoms with Crippen molar-refractivity contribution in [2.24, 2.45) is 4.99 Å². The highest BCUT2D eigenvalue weighted by Crippen LogP contribution is 2.17. The van der Waals surface area contributed by atoms with Crippen LogP contribution in [0.1, 0.15) is 12.0 Å². The molecule has 17 heavy (non-hydrogen) atoms. The Balaban J connectivity index is 2.28. The normalized spacial score (nSPS) is 14.4. The van der Waals surface area contributed by atoms with Gasteiger partial charge in [-0.1, -0.05) is 18.2 Å². The third-order valence-corrected chi connectivity index (χ3v) is 2.40. The molecular formula is C14H12FN2+. The molecule has 0 bridgehead atoms. The van der Waals surface area contributed by atoms with Crippen LogP contribution in [0.4, 0.5) is 4.39 Å². The van der Waals surface area contributed by atoms with Crippen molar-refractivity contribution in [3.8, 4) is 0 Å². The summed E-state index contributed by atoms with van der Waals surface area (Å²) in [7, 11) is 0. The van der Waals surface area contributed by atoms with E-state index in [1.54, 1.807) is 18.5 Å². The number of aliphatic imine (C=N–C) groups is 1. The summed E-state index contributed by atoms with van der Waals surface area (Å²) in [6.45, 7) is 3.39. The molecule has 0 atom stereocenters. The molecule has 0 saturated heterocycles. The minimum Gasteiger partial charge on any atom is -0.249 e. The van der Waals surface area contributed by atoms with E-state index in [0.717, 1.165) is 23.3 Å². The molecule has 1 heterocycles. The van der Waals surface area contributed by atoms with Gasteiger partial charge in [0.2, 0.25) is 0 Å². The first-order valence-electron chi connectivity index (χ1n) is 5.29. The maximum absolute atomic E-state index is 13.1. The standard InChI is InChI=1S/C14H12FN2/c1-16-10-14-7-3-5-12(9-17-14)11-4-2-6-13(15)8-11/h2,4-10H,1,3H2/q+1. The van der Waals surface area contributed by atoms with E-state index in [4.69, 9.17) is 0 Å². The summed E-state index contributed by atoms with van der Waals surface area (Å²) in [5.41, 5.74) is 2.51. The van der Waals surface area contributed by atoms with E-state index in [-0.39, 0.29) is 5.82 Å².